The van der Waals surface area contributed by atoms with E-state index in [1.807, 2.05) is 23.5 Å². The summed E-state index contributed by atoms with van der Waals surface area (Å²) < 4.78 is 0.818. The molecule has 0 bridgehead atoms. The minimum Gasteiger partial charge on any atom is -0.271 e. The fourth-order valence-electron chi connectivity index (χ4n) is 1.76. The van der Waals surface area contributed by atoms with Crippen molar-refractivity contribution >= 4 is 34.3 Å². The molecule has 0 fully saturated rings. The molecule has 2 aromatic heterocycles. The molecule has 0 radical (unpaired) electrons. The summed E-state index contributed by atoms with van der Waals surface area (Å²) in [6, 6.07) is 8.45. The quantitative estimate of drug-likeness (QED) is 0.622. The third-order valence-electron chi connectivity index (χ3n) is 2.63. The van der Waals surface area contributed by atoms with Crippen LogP contribution in [0.15, 0.2) is 29.6 Å². The minimum absolute atomic E-state index is 0.215. The Bertz CT molecular complexity index is 439. The number of hydrogen-bond acceptors (Lipinski definition) is 4. The lowest BCUT2D eigenvalue weighted by molar-refractivity contribution is 0.506. The fourth-order valence-corrected chi connectivity index (χ4v) is 3.67. The van der Waals surface area contributed by atoms with Crippen LogP contribution >= 0.6 is 34.3 Å². The average Bonchev–Trinajstić information content (AvgIpc) is 2.96. The Hall–Kier alpha value is -0.390. The van der Waals surface area contributed by atoms with Gasteiger partial charge in [-0.15, -0.1) is 22.7 Å². The van der Waals surface area contributed by atoms with Crippen LogP contribution in [0, 0.1) is 0 Å². The first-order valence-corrected chi connectivity index (χ1v) is 7.61. The van der Waals surface area contributed by atoms with Crippen LogP contribution in [0.4, 0.5) is 0 Å². The highest BCUT2D eigenvalue weighted by Gasteiger charge is 2.11. The van der Waals surface area contributed by atoms with Crippen molar-refractivity contribution in [1.29, 1.82) is 0 Å². The predicted molar refractivity (Wildman–Crippen MR) is 76.7 cm³/mol. The average molecular weight is 287 g/mol. The third kappa shape index (κ3) is 3.79. The summed E-state index contributed by atoms with van der Waals surface area (Å²) in [6.07, 6.45) is 3.28. The van der Waals surface area contributed by atoms with E-state index in [0.29, 0.717) is 0 Å². The van der Waals surface area contributed by atoms with Crippen molar-refractivity contribution in [3.8, 4) is 0 Å². The Morgan fingerprint density at radius 1 is 1.35 bits per heavy atom. The lowest BCUT2D eigenvalue weighted by Gasteiger charge is -2.13. The number of rotatable bonds is 6. The SMILES string of the molecule is NNC(CCCc1cccs1)c1ccc(Cl)s1. The van der Waals surface area contributed by atoms with Crippen molar-refractivity contribution in [2.24, 2.45) is 5.84 Å². The summed E-state index contributed by atoms with van der Waals surface area (Å²) in [5, 5.41) is 2.12. The van der Waals surface area contributed by atoms with Crippen molar-refractivity contribution < 1.29 is 0 Å². The van der Waals surface area contributed by atoms with Crippen molar-refractivity contribution in [3.05, 3.63) is 43.7 Å². The van der Waals surface area contributed by atoms with Crippen LogP contribution in [0.25, 0.3) is 0 Å². The fraction of sp³-hybridized carbons (Fsp3) is 0.333. The van der Waals surface area contributed by atoms with E-state index in [0.717, 1.165) is 23.6 Å². The Morgan fingerprint density at radius 2 is 2.24 bits per heavy atom. The van der Waals surface area contributed by atoms with Crippen molar-refractivity contribution in [1.82, 2.24) is 5.43 Å². The van der Waals surface area contributed by atoms with E-state index in [9.17, 15) is 0 Å². The second-order valence-electron chi connectivity index (χ2n) is 3.83. The second kappa shape index (κ2) is 6.52. The Morgan fingerprint density at radius 3 is 2.82 bits per heavy atom. The predicted octanol–water partition coefficient (Wildman–Crippen LogP) is 3.99. The van der Waals surface area contributed by atoms with Crippen LogP contribution in [0.5, 0.6) is 0 Å². The van der Waals surface area contributed by atoms with Gasteiger partial charge in [-0.3, -0.25) is 11.3 Å². The third-order valence-corrected chi connectivity index (χ3v) is 4.92. The first kappa shape index (κ1) is 13.1. The Labute approximate surface area is 114 Å². The van der Waals surface area contributed by atoms with Crippen LogP contribution in [-0.4, -0.2) is 0 Å². The maximum absolute atomic E-state index is 5.93. The van der Waals surface area contributed by atoms with E-state index in [1.54, 1.807) is 11.3 Å². The maximum Gasteiger partial charge on any atom is 0.0931 e. The first-order valence-electron chi connectivity index (χ1n) is 5.53. The van der Waals surface area contributed by atoms with Gasteiger partial charge in [-0.1, -0.05) is 17.7 Å². The maximum atomic E-state index is 5.93. The molecule has 2 heterocycles. The molecule has 1 unspecified atom stereocenters. The summed E-state index contributed by atoms with van der Waals surface area (Å²) >= 11 is 9.33. The van der Waals surface area contributed by atoms with E-state index in [-0.39, 0.29) is 6.04 Å². The molecule has 0 amide bonds. The molecule has 0 aromatic carbocycles. The molecule has 92 valence electrons. The lowest BCUT2D eigenvalue weighted by atomic mass is 10.1. The van der Waals surface area contributed by atoms with Gasteiger partial charge in [-0.2, -0.15) is 0 Å². The molecule has 0 spiro atoms. The van der Waals surface area contributed by atoms with Gasteiger partial charge in [0.15, 0.2) is 0 Å². The van der Waals surface area contributed by atoms with Crippen LogP contribution in [-0.2, 0) is 6.42 Å². The lowest BCUT2D eigenvalue weighted by Crippen LogP contribution is -2.27. The molecule has 0 aliphatic rings. The zero-order valence-corrected chi connectivity index (χ0v) is 11.7. The molecule has 0 aliphatic carbocycles. The summed E-state index contributed by atoms with van der Waals surface area (Å²) in [6.45, 7) is 0. The van der Waals surface area contributed by atoms with Crippen molar-refractivity contribution in [2.45, 2.75) is 25.3 Å². The molecular weight excluding hydrogens is 272 g/mol. The summed E-state index contributed by atoms with van der Waals surface area (Å²) in [5.41, 5.74) is 2.87. The molecule has 2 aromatic rings. The van der Waals surface area contributed by atoms with Crippen LogP contribution in [0.2, 0.25) is 4.34 Å². The highest BCUT2D eigenvalue weighted by Crippen LogP contribution is 2.29. The smallest absolute Gasteiger partial charge is 0.0931 e. The highest BCUT2D eigenvalue weighted by atomic mass is 35.5. The van der Waals surface area contributed by atoms with Crippen LogP contribution < -0.4 is 11.3 Å². The van der Waals surface area contributed by atoms with Gasteiger partial charge in [0.1, 0.15) is 0 Å². The molecule has 17 heavy (non-hydrogen) atoms. The van der Waals surface area contributed by atoms with Gasteiger partial charge in [0.2, 0.25) is 0 Å². The second-order valence-corrected chi connectivity index (χ2v) is 6.61. The Kier molecular flexibility index (Phi) is 5.00. The molecule has 2 rings (SSSR count). The van der Waals surface area contributed by atoms with Gasteiger partial charge in [-0.05, 0) is 42.8 Å². The summed E-state index contributed by atoms with van der Waals surface area (Å²) in [7, 11) is 0. The van der Waals surface area contributed by atoms with Gasteiger partial charge in [0.05, 0.1) is 10.4 Å². The summed E-state index contributed by atoms with van der Waals surface area (Å²) in [4.78, 5) is 2.65. The first-order chi connectivity index (χ1) is 8.29. The summed E-state index contributed by atoms with van der Waals surface area (Å²) in [5.74, 6) is 5.59. The minimum atomic E-state index is 0.215. The van der Waals surface area contributed by atoms with E-state index in [4.69, 9.17) is 17.4 Å². The zero-order chi connectivity index (χ0) is 12.1. The molecule has 2 nitrogen and oxygen atoms in total. The largest absolute Gasteiger partial charge is 0.271 e. The van der Waals surface area contributed by atoms with Gasteiger partial charge in [-0.25, -0.2) is 0 Å². The number of aryl methyl sites for hydroxylation is 1. The standard InChI is InChI=1S/C12H15ClN2S2/c13-12-7-6-11(17-12)10(15-14)5-1-3-9-4-2-8-16-9/h2,4,6-8,10,15H,1,3,5,14H2. The zero-order valence-electron chi connectivity index (χ0n) is 9.36. The van der Waals surface area contributed by atoms with Gasteiger partial charge >= 0.3 is 0 Å². The number of hydrazine groups is 1. The van der Waals surface area contributed by atoms with E-state index in [1.165, 1.54) is 9.75 Å². The molecule has 0 aliphatic heterocycles. The number of halogens is 1. The molecule has 0 saturated carbocycles. The topological polar surface area (TPSA) is 38.0 Å². The number of hydrogen-bond donors (Lipinski definition) is 2. The van der Waals surface area contributed by atoms with E-state index < -0.39 is 0 Å². The number of nitrogens with one attached hydrogen (secondary N) is 1. The Balaban J connectivity index is 1.84. The van der Waals surface area contributed by atoms with E-state index in [2.05, 4.69) is 22.9 Å². The molecular formula is C12H15ClN2S2. The van der Waals surface area contributed by atoms with Crippen LogP contribution in [0.3, 0.4) is 0 Å². The van der Waals surface area contributed by atoms with Crippen molar-refractivity contribution in [2.75, 3.05) is 0 Å². The normalized spacial score (nSPS) is 12.8. The molecule has 5 heteroatoms. The highest BCUT2D eigenvalue weighted by molar-refractivity contribution is 7.16. The van der Waals surface area contributed by atoms with Gasteiger partial charge < -0.3 is 0 Å². The molecule has 1 atom stereocenters. The van der Waals surface area contributed by atoms with Crippen LogP contribution in [0.1, 0.15) is 28.6 Å². The van der Waals surface area contributed by atoms with E-state index >= 15 is 0 Å². The van der Waals surface area contributed by atoms with Gasteiger partial charge in [0.25, 0.3) is 0 Å². The molecule has 3 N–H and O–H groups in total. The number of thiophene rings is 2. The monoisotopic (exact) mass is 286 g/mol. The number of nitrogens with two attached hydrogens (primary N) is 1. The van der Waals surface area contributed by atoms with Crippen molar-refractivity contribution in [3.63, 3.8) is 0 Å². The van der Waals surface area contributed by atoms with Gasteiger partial charge in [0, 0.05) is 9.75 Å². The molecule has 0 saturated heterocycles.